The summed E-state index contributed by atoms with van der Waals surface area (Å²) < 4.78 is 15.7. The van der Waals surface area contributed by atoms with Crippen molar-refractivity contribution in [2.45, 2.75) is 25.4 Å². The second kappa shape index (κ2) is 9.07. The van der Waals surface area contributed by atoms with E-state index >= 15 is 0 Å². The summed E-state index contributed by atoms with van der Waals surface area (Å²) in [4.78, 5) is 16.3. The van der Waals surface area contributed by atoms with E-state index in [1.165, 1.54) is 14.2 Å². The zero-order chi connectivity index (χ0) is 17.8. The Morgan fingerprint density at radius 1 is 1.42 bits per heavy atom. The van der Waals surface area contributed by atoms with E-state index in [0.29, 0.717) is 33.8 Å². The summed E-state index contributed by atoms with van der Waals surface area (Å²) in [6.07, 6.45) is 1.84. The van der Waals surface area contributed by atoms with Crippen LogP contribution in [0.15, 0.2) is 16.7 Å². The molecular weight excluding hydrogens is 383 g/mol. The number of ether oxygens (including phenoxy) is 2. The van der Waals surface area contributed by atoms with Gasteiger partial charge in [0.05, 0.1) is 31.8 Å². The molecule has 2 aromatic rings. The average Bonchev–Trinajstić information content (AvgIpc) is 3.30. The van der Waals surface area contributed by atoms with Gasteiger partial charge >= 0.3 is 0 Å². The van der Waals surface area contributed by atoms with Crippen molar-refractivity contribution in [1.29, 1.82) is 0 Å². The van der Waals surface area contributed by atoms with Gasteiger partial charge in [-0.05, 0) is 31.5 Å². The fourth-order valence-electron chi connectivity index (χ4n) is 2.69. The topological polar surface area (TPSA) is 98.5 Å². The molecule has 0 bridgehead atoms. The van der Waals surface area contributed by atoms with Gasteiger partial charge in [-0.15, -0.1) is 12.4 Å². The molecule has 1 aliphatic heterocycles. The number of halogens is 2. The van der Waals surface area contributed by atoms with Crippen molar-refractivity contribution in [2.24, 2.45) is 0 Å². The number of carbonyl (C=O) groups is 1. The first-order valence-electron chi connectivity index (χ1n) is 7.88. The van der Waals surface area contributed by atoms with E-state index in [-0.39, 0.29) is 30.9 Å². The third kappa shape index (κ3) is 4.38. The molecule has 10 heteroatoms. The van der Waals surface area contributed by atoms with Gasteiger partial charge in [-0.2, -0.15) is 4.98 Å². The Balaban J connectivity index is 0.00000243. The summed E-state index contributed by atoms with van der Waals surface area (Å²) in [5.74, 6) is 1.51. The Bertz CT molecular complexity index is 763. The number of benzene rings is 1. The molecular formula is C16H20Cl2N4O4. The molecule has 1 aromatic carbocycles. The highest BCUT2D eigenvalue weighted by atomic mass is 35.5. The van der Waals surface area contributed by atoms with Crippen LogP contribution in [0.3, 0.4) is 0 Å². The maximum atomic E-state index is 12.0. The molecule has 0 radical (unpaired) electrons. The number of nitrogens with zero attached hydrogens (tertiary/aromatic N) is 2. The smallest absolute Gasteiger partial charge is 0.246 e. The van der Waals surface area contributed by atoms with Gasteiger partial charge in [0, 0.05) is 5.56 Å². The maximum Gasteiger partial charge on any atom is 0.246 e. The van der Waals surface area contributed by atoms with Crippen LogP contribution >= 0.6 is 24.0 Å². The summed E-state index contributed by atoms with van der Waals surface area (Å²) >= 11 is 6.19. The number of hydrogen-bond acceptors (Lipinski definition) is 7. The molecule has 1 amide bonds. The SMILES string of the molecule is COc1cc(-c2noc(CNC(=O)C3CCCN3)n2)cc(Cl)c1OC.Cl. The predicted octanol–water partition coefficient (Wildman–Crippen LogP) is 2.20. The van der Waals surface area contributed by atoms with E-state index in [4.69, 9.17) is 25.6 Å². The lowest BCUT2D eigenvalue weighted by molar-refractivity contribution is -0.123. The molecule has 0 aliphatic carbocycles. The lowest BCUT2D eigenvalue weighted by atomic mass is 10.2. The molecule has 8 nitrogen and oxygen atoms in total. The average molecular weight is 403 g/mol. The molecule has 1 atom stereocenters. The van der Waals surface area contributed by atoms with Crippen LogP contribution in [0.4, 0.5) is 0 Å². The fourth-order valence-corrected chi connectivity index (χ4v) is 2.97. The first kappa shape index (κ1) is 20.3. The summed E-state index contributed by atoms with van der Waals surface area (Å²) in [5, 5.41) is 10.2. The van der Waals surface area contributed by atoms with Crippen LogP contribution in [0.25, 0.3) is 11.4 Å². The quantitative estimate of drug-likeness (QED) is 0.763. The lowest BCUT2D eigenvalue weighted by Gasteiger charge is -2.10. The van der Waals surface area contributed by atoms with Crippen molar-refractivity contribution in [3.8, 4) is 22.9 Å². The van der Waals surface area contributed by atoms with E-state index in [9.17, 15) is 4.79 Å². The van der Waals surface area contributed by atoms with E-state index in [2.05, 4.69) is 20.8 Å². The van der Waals surface area contributed by atoms with Crippen molar-refractivity contribution in [3.05, 3.63) is 23.0 Å². The van der Waals surface area contributed by atoms with E-state index < -0.39 is 0 Å². The highest BCUT2D eigenvalue weighted by Crippen LogP contribution is 2.38. The minimum atomic E-state index is -0.146. The predicted molar refractivity (Wildman–Crippen MR) is 98.0 cm³/mol. The first-order chi connectivity index (χ1) is 12.1. The highest BCUT2D eigenvalue weighted by Gasteiger charge is 2.22. The third-order valence-electron chi connectivity index (χ3n) is 3.95. The van der Waals surface area contributed by atoms with Crippen molar-refractivity contribution in [3.63, 3.8) is 0 Å². The Morgan fingerprint density at radius 2 is 2.23 bits per heavy atom. The molecule has 1 fully saturated rings. The largest absolute Gasteiger partial charge is 0.493 e. The van der Waals surface area contributed by atoms with Crippen LogP contribution in [0, 0.1) is 0 Å². The summed E-state index contributed by atoms with van der Waals surface area (Å²) in [5.41, 5.74) is 0.626. The standard InChI is InChI=1S/C16H19ClN4O4.ClH/c1-23-12-7-9(6-10(17)14(12)24-2)15-20-13(25-21-15)8-19-16(22)11-4-3-5-18-11;/h6-7,11,18H,3-5,8H2,1-2H3,(H,19,22);1H. The second-order valence-corrected chi connectivity index (χ2v) is 5.98. The third-order valence-corrected chi connectivity index (χ3v) is 4.23. The first-order valence-corrected chi connectivity index (χ1v) is 8.25. The number of hydrogen-bond donors (Lipinski definition) is 2. The molecule has 2 heterocycles. The summed E-state index contributed by atoms with van der Waals surface area (Å²) in [6.45, 7) is 1.04. The van der Waals surface area contributed by atoms with Gasteiger partial charge in [0.15, 0.2) is 11.5 Å². The van der Waals surface area contributed by atoms with E-state index in [1.54, 1.807) is 12.1 Å². The summed E-state index contributed by atoms with van der Waals surface area (Å²) in [6, 6.07) is 3.23. The number of aromatic nitrogens is 2. The van der Waals surface area contributed by atoms with Crippen LogP contribution in [0.2, 0.25) is 5.02 Å². The van der Waals surface area contributed by atoms with Gasteiger partial charge in [-0.3, -0.25) is 4.79 Å². The van der Waals surface area contributed by atoms with Crippen LogP contribution in [0.1, 0.15) is 18.7 Å². The van der Waals surface area contributed by atoms with Gasteiger partial charge in [0.25, 0.3) is 0 Å². The molecule has 2 N–H and O–H groups in total. The van der Waals surface area contributed by atoms with Crippen LogP contribution < -0.4 is 20.1 Å². The normalized spacial score (nSPS) is 16.0. The minimum Gasteiger partial charge on any atom is -0.493 e. The summed E-state index contributed by atoms with van der Waals surface area (Å²) in [7, 11) is 3.03. The van der Waals surface area contributed by atoms with E-state index in [0.717, 1.165) is 19.4 Å². The van der Waals surface area contributed by atoms with Crippen molar-refractivity contribution >= 4 is 29.9 Å². The van der Waals surface area contributed by atoms with Crippen LogP contribution in [-0.4, -0.2) is 42.9 Å². The number of nitrogens with one attached hydrogen (secondary N) is 2. The number of amides is 1. The van der Waals surface area contributed by atoms with Crippen LogP contribution in [0.5, 0.6) is 11.5 Å². The fraction of sp³-hybridized carbons (Fsp3) is 0.438. The van der Waals surface area contributed by atoms with Crippen molar-refractivity contribution in [1.82, 2.24) is 20.8 Å². The molecule has 3 rings (SSSR count). The number of carbonyl (C=O) groups excluding carboxylic acids is 1. The number of methoxy groups -OCH3 is 2. The highest BCUT2D eigenvalue weighted by molar-refractivity contribution is 6.32. The molecule has 142 valence electrons. The number of rotatable bonds is 6. The van der Waals surface area contributed by atoms with Crippen molar-refractivity contribution in [2.75, 3.05) is 20.8 Å². The Morgan fingerprint density at radius 3 is 2.88 bits per heavy atom. The molecule has 1 aliphatic rings. The minimum absolute atomic E-state index is 0. The Labute approximate surface area is 162 Å². The van der Waals surface area contributed by atoms with Crippen molar-refractivity contribution < 1.29 is 18.8 Å². The maximum absolute atomic E-state index is 12.0. The van der Waals surface area contributed by atoms with Gasteiger partial charge in [-0.1, -0.05) is 16.8 Å². The van der Waals surface area contributed by atoms with Crippen LogP contribution in [-0.2, 0) is 11.3 Å². The van der Waals surface area contributed by atoms with Gasteiger partial charge in [-0.25, -0.2) is 0 Å². The molecule has 1 aromatic heterocycles. The zero-order valence-electron chi connectivity index (χ0n) is 14.4. The lowest BCUT2D eigenvalue weighted by Crippen LogP contribution is -2.40. The molecule has 1 saturated heterocycles. The molecule has 26 heavy (non-hydrogen) atoms. The van der Waals surface area contributed by atoms with Gasteiger partial charge in [0.1, 0.15) is 0 Å². The Kier molecular flexibility index (Phi) is 7.07. The molecule has 1 unspecified atom stereocenters. The van der Waals surface area contributed by atoms with Gasteiger partial charge < -0.3 is 24.6 Å². The zero-order valence-corrected chi connectivity index (χ0v) is 15.9. The monoisotopic (exact) mass is 402 g/mol. The van der Waals surface area contributed by atoms with Gasteiger partial charge in [0.2, 0.25) is 17.6 Å². The second-order valence-electron chi connectivity index (χ2n) is 5.57. The Hall–Kier alpha value is -2.03. The molecule has 0 spiro atoms. The molecule has 0 saturated carbocycles. The van der Waals surface area contributed by atoms with E-state index in [1.807, 2.05) is 0 Å².